The Kier molecular flexibility index (Phi) is 5.77. The van der Waals surface area contributed by atoms with E-state index >= 15 is 0 Å². The molecule has 0 aliphatic heterocycles. The number of hydrogen-bond donors (Lipinski definition) is 0. The predicted octanol–water partition coefficient (Wildman–Crippen LogP) is 4.17. The maximum atomic E-state index is 14.0. The van der Waals surface area contributed by atoms with Crippen molar-refractivity contribution in [3.8, 4) is 0 Å². The number of aromatic nitrogens is 2. The van der Waals surface area contributed by atoms with Crippen molar-refractivity contribution < 1.29 is 8.78 Å². The summed E-state index contributed by atoms with van der Waals surface area (Å²) in [5.41, 5.74) is 0.379. The number of benzene rings is 1. The molecule has 1 aromatic heterocycles. The summed E-state index contributed by atoms with van der Waals surface area (Å²) >= 11 is 3.63. The van der Waals surface area contributed by atoms with E-state index in [4.69, 9.17) is 0 Å². The summed E-state index contributed by atoms with van der Waals surface area (Å²) < 4.78 is 29.2. The molecule has 8 heteroatoms. The molecule has 20 heavy (non-hydrogen) atoms. The van der Waals surface area contributed by atoms with Crippen molar-refractivity contribution in [3.05, 3.63) is 41.7 Å². The van der Waals surface area contributed by atoms with E-state index in [1.807, 2.05) is 29.6 Å². The van der Waals surface area contributed by atoms with Crippen LogP contribution in [-0.4, -0.2) is 28.5 Å². The standard InChI is InChI=1S/C12H13F2IN3PS/c1-17(2)7-9-11(4-3-10(13)12(9)14)20-8-5-16-18(6-8)19-15/h3-6,19H,7H2,1-2H3. The zero-order valence-electron chi connectivity index (χ0n) is 10.9. The number of nitrogens with zero attached hydrogens (tertiary/aromatic N) is 3. The minimum Gasteiger partial charge on any atom is -0.305 e. The molecule has 0 aliphatic rings. The second-order valence-electron chi connectivity index (χ2n) is 4.38. The molecule has 0 spiro atoms. The van der Waals surface area contributed by atoms with Gasteiger partial charge in [0.1, 0.15) is 0 Å². The normalized spacial score (nSPS) is 11.9. The van der Waals surface area contributed by atoms with Crippen LogP contribution in [0.25, 0.3) is 0 Å². The third-order valence-corrected chi connectivity index (χ3v) is 5.45. The summed E-state index contributed by atoms with van der Waals surface area (Å²) in [6.07, 6.45) is 4.15. The molecule has 0 bridgehead atoms. The lowest BCUT2D eigenvalue weighted by Gasteiger charge is -2.14. The largest absolute Gasteiger partial charge is 0.305 e. The van der Waals surface area contributed by atoms with Crippen LogP contribution in [-0.2, 0) is 6.54 Å². The second-order valence-corrected chi connectivity index (χ2v) is 7.57. The molecule has 2 rings (SSSR count). The number of rotatable bonds is 5. The van der Waals surface area contributed by atoms with Gasteiger partial charge in [-0.25, -0.2) is 13.2 Å². The van der Waals surface area contributed by atoms with Crippen molar-refractivity contribution >= 4 is 40.2 Å². The van der Waals surface area contributed by atoms with Gasteiger partial charge >= 0.3 is 0 Å². The average molecular weight is 427 g/mol. The number of halogens is 3. The van der Waals surface area contributed by atoms with E-state index in [0.29, 0.717) is 23.4 Å². The molecule has 1 atom stereocenters. The molecule has 3 nitrogen and oxygen atoms in total. The van der Waals surface area contributed by atoms with Crippen LogP contribution in [0.3, 0.4) is 0 Å². The van der Waals surface area contributed by atoms with Gasteiger partial charge < -0.3 is 4.90 Å². The molecule has 1 unspecified atom stereocenters. The van der Waals surface area contributed by atoms with Crippen LogP contribution >= 0.6 is 40.2 Å². The molecule has 1 heterocycles. The van der Waals surface area contributed by atoms with Gasteiger partial charge in [-0.15, -0.1) is 0 Å². The maximum Gasteiger partial charge on any atom is 0.164 e. The summed E-state index contributed by atoms with van der Waals surface area (Å²) in [7, 11) is 3.65. The van der Waals surface area contributed by atoms with Gasteiger partial charge in [-0.05, 0) is 48.3 Å². The van der Waals surface area contributed by atoms with Crippen molar-refractivity contribution in [3.63, 3.8) is 0 Å². The molecular formula is C12H13F2IN3PS. The lowest BCUT2D eigenvalue weighted by atomic mass is 10.2. The molecule has 0 aliphatic carbocycles. The predicted molar refractivity (Wildman–Crippen MR) is 87.8 cm³/mol. The monoisotopic (exact) mass is 427 g/mol. The van der Waals surface area contributed by atoms with Gasteiger partial charge in [0.25, 0.3) is 0 Å². The molecule has 0 amide bonds. The molecule has 0 saturated carbocycles. The number of hydrogen-bond acceptors (Lipinski definition) is 3. The van der Waals surface area contributed by atoms with Crippen molar-refractivity contribution in [2.24, 2.45) is 0 Å². The summed E-state index contributed by atoms with van der Waals surface area (Å²) in [5, 5.41) is 4.18. The van der Waals surface area contributed by atoms with Gasteiger partial charge in [0.05, 0.1) is 17.5 Å². The molecule has 0 fully saturated rings. The van der Waals surface area contributed by atoms with Gasteiger partial charge in [-0.1, -0.05) is 11.8 Å². The highest BCUT2D eigenvalue weighted by molar-refractivity contribution is 14.2. The van der Waals surface area contributed by atoms with Gasteiger partial charge in [0.15, 0.2) is 11.6 Å². The minimum atomic E-state index is -0.810. The third kappa shape index (κ3) is 3.90. The quantitative estimate of drug-likeness (QED) is 0.528. The fourth-order valence-electron chi connectivity index (χ4n) is 1.67. The zero-order valence-corrected chi connectivity index (χ0v) is 14.9. The SMILES string of the molecule is CN(C)Cc1c(Sc2cnn(PI)c2)ccc(F)c1F. The Morgan fingerprint density at radius 1 is 1.40 bits per heavy atom. The summed E-state index contributed by atoms with van der Waals surface area (Å²) in [6, 6.07) is 2.78. The van der Waals surface area contributed by atoms with E-state index in [-0.39, 0.29) is 0 Å². The van der Waals surface area contributed by atoms with Gasteiger partial charge in [0, 0.05) is 23.2 Å². The second kappa shape index (κ2) is 7.15. The molecule has 1 aromatic carbocycles. The molecule has 0 radical (unpaired) electrons. The van der Waals surface area contributed by atoms with E-state index in [1.165, 1.54) is 17.8 Å². The van der Waals surface area contributed by atoms with Crippen LogP contribution < -0.4 is 0 Å². The van der Waals surface area contributed by atoms with Crippen LogP contribution in [0.4, 0.5) is 8.78 Å². The zero-order chi connectivity index (χ0) is 14.7. The summed E-state index contributed by atoms with van der Waals surface area (Å²) in [6.45, 7) is 0.355. The van der Waals surface area contributed by atoms with Gasteiger partial charge in [0.2, 0.25) is 0 Å². The Labute approximate surface area is 135 Å². The Bertz CT molecular complexity index is 606. The van der Waals surface area contributed by atoms with Crippen molar-refractivity contribution in [2.45, 2.75) is 16.3 Å². The van der Waals surface area contributed by atoms with Crippen molar-refractivity contribution in [2.75, 3.05) is 14.1 Å². The highest BCUT2D eigenvalue weighted by Gasteiger charge is 2.15. The van der Waals surface area contributed by atoms with Crippen LogP contribution in [0.15, 0.2) is 34.3 Å². The van der Waals surface area contributed by atoms with E-state index < -0.39 is 11.6 Å². The topological polar surface area (TPSA) is 21.1 Å². The Hall–Kier alpha value is -0.240. The fraction of sp³-hybridized carbons (Fsp3) is 0.250. The van der Waals surface area contributed by atoms with Crippen LogP contribution in [0, 0.1) is 11.6 Å². The lowest BCUT2D eigenvalue weighted by molar-refractivity contribution is 0.381. The van der Waals surface area contributed by atoms with Crippen molar-refractivity contribution in [1.29, 1.82) is 0 Å². The smallest absolute Gasteiger partial charge is 0.164 e. The van der Waals surface area contributed by atoms with Crippen LogP contribution in [0.1, 0.15) is 5.56 Å². The molecule has 0 saturated heterocycles. The molecule has 2 aromatic rings. The van der Waals surface area contributed by atoms with E-state index in [9.17, 15) is 8.78 Å². The maximum absolute atomic E-state index is 14.0. The Morgan fingerprint density at radius 3 is 2.75 bits per heavy atom. The third-order valence-electron chi connectivity index (χ3n) is 2.50. The van der Waals surface area contributed by atoms with Crippen molar-refractivity contribution in [1.82, 2.24) is 14.5 Å². The first-order chi connectivity index (χ1) is 9.51. The highest BCUT2D eigenvalue weighted by atomic mass is 127. The van der Waals surface area contributed by atoms with Crippen LogP contribution in [0.2, 0.25) is 0 Å². The first-order valence-corrected chi connectivity index (χ1v) is 10.6. The molecular weight excluding hydrogens is 414 g/mol. The van der Waals surface area contributed by atoms with E-state index in [2.05, 4.69) is 27.1 Å². The minimum absolute atomic E-state index is 0.355. The molecule has 0 N–H and O–H groups in total. The average Bonchev–Trinajstić information content (AvgIpc) is 2.85. The van der Waals surface area contributed by atoms with Gasteiger partial charge in [-0.3, -0.25) is 0 Å². The first-order valence-electron chi connectivity index (χ1n) is 5.72. The summed E-state index contributed by atoms with van der Waals surface area (Å²) in [5.74, 6) is -1.58. The fourth-order valence-corrected chi connectivity index (χ4v) is 3.76. The highest BCUT2D eigenvalue weighted by Crippen LogP contribution is 2.34. The first kappa shape index (κ1) is 16.1. The molecule has 108 valence electrons. The van der Waals surface area contributed by atoms with Gasteiger partial charge in [-0.2, -0.15) is 5.10 Å². The Morgan fingerprint density at radius 2 is 2.15 bits per heavy atom. The lowest BCUT2D eigenvalue weighted by Crippen LogP contribution is -2.13. The van der Waals surface area contributed by atoms with E-state index in [0.717, 1.165) is 4.90 Å². The van der Waals surface area contributed by atoms with Crippen LogP contribution in [0.5, 0.6) is 0 Å². The summed E-state index contributed by atoms with van der Waals surface area (Å²) in [4.78, 5) is 3.45. The Balaban J connectivity index is 2.32. The van der Waals surface area contributed by atoms with E-state index in [1.54, 1.807) is 12.3 Å².